The second-order valence-corrected chi connectivity index (χ2v) is 12.5. The van der Waals surface area contributed by atoms with Crippen molar-refractivity contribution in [2.75, 3.05) is 11.9 Å². The Morgan fingerprint density at radius 3 is 1.49 bits per heavy atom. The van der Waals surface area contributed by atoms with Crippen LogP contribution in [0.1, 0.15) is 47.0 Å². The Hall–Kier alpha value is -4.96. The van der Waals surface area contributed by atoms with Gasteiger partial charge in [-0.15, -0.1) is 0 Å². The van der Waals surface area contributed by atoms with Crippen molar-refractivity contribution in [3.63, 3.8) is 0 Å². The molecule has 0 radical (unpaired) electrons. The van der Waals surface area contributed by atoms with E-state index in [1.807, 2.05) is 0 Å². The maximum Gasteiger partial charge on any atom is 0.265 e. The van der Waals surface area contributed by atoms with Crippen molar-refractivity contribution >= 4 is 60.3 Å². The molecule has 13 nitrogen and oxygen atoms in total. The Bertz CT molecular complexity index is 2150. The van der Waals surface area contributed by atoms with Gasteiger partial charge in [-0.3, -0.25) is 24.1 Å². The van der Waals surface area contributed by atoms with Crippen LogP contribution in [0.5, 0.6) is 11.5 Å². The molecule has 218 valence electrons. The first-order chi connectivity index (χ1) is 20.1. The third kappa shape index (κ3) is 4.28. The molecule has 2 aliphatic rings. The van der Waals surface area contributed by atoms with Gasteiger partial charge in [0.25, 0.3) is 23.6 Å². The topological polar surface area (TPSA) is 198 Å². The van der Waals surface area contributed by atoms with Gasteiger partial charge in [0, 0.05) is 40.1 Å². The quantitative estimate of drug-likeness (QED) is 0.235. The van der Waals surface area contributed by atoms with Crippen molar-refractivity contribution in [2.45, 2.75) is 16.7 Å². The number of hydrogen-bond donors (Lipinski definition) is 0. The highest BCUT2D eigenvalue weighted by atomic mass is 32.2. The highest BCUT2D eigenvalue weighted by molar-refractivity contribution is 7.86. The smallest absolute Gasteiger partial charge is 0.265 e. The Morgan fingerprint density at radius 2 is 1.02 bits per heavy atom. The van der Waals surface area contributed by atoms with E-state index in [0.717, 1.165) is 29.2 Å². The van der Waals surface area contributed by atoms with E-state index in [-0.39, 0.29) is 38.7 Å². The van der Waals surface area contributed by atoms with Crippen molar-refractivity contribution in [2.24, 2.45) is 0 Å². The molecule has 43 heavy (non-hydrogen) atoms. The number of benzene rings is 4. The van der Waals surface area contributed by atoms with Crippen LogP contribution in [0.3, 0.4) is 0 Å². The molecule has 4 aromatic rings. The van der Waals surface area contributed by atoms with E-state index < -0.39 is 65.2 Å². The van der Waals surface area contributed by atoms with Gasteiger partial charge in [-0.25, -0.2) is 21.7 Å². The Labute approximate surface area is 243 Å². The van der Waals surface area contributed by atoms with Crippen LogP contribution in [0, 0.1) is 6.92 Å². The van der Waals surface area contributed by atoms with Gasteiger partial charge in [0.05, 0.1) is 15.5 Å². The molecule has 0 atom stereocenters. The first-order valence-electron chi connectivity index (χ1n) is 12.2. The van der Waals surface area contributed by atoms with Crippen LogP contribution in [-0.4, -0.2) is 61.5 Å². The van der Waals surface area contributed by atoms with Crippen LogP contribution in [-0.2, 0) is 20.2 Å². The monoisotopic (exact) mass is 620 g/mol. The fourth-order valence-electron chi connectivity index (χ4n) is 5.16. The number of carbonyl (C=O) groups is 4. The molecule has 0 aromatic heterocycles. The molecule has 0 saturated heterocycles. The number of anilines is 1. The molecule has 6 rings (SSSR count). The van der Waals surface area contributed by atoms with E-state index >= 15 is 0 Å². The number of amides is 4. The van der Waals surface area contributed by atoms with Gasteiger partial charge in [-0.2, -0.15) is 0 Å². The maximum absolute atomic E-state index is 13.7. The fourth-order valence-corrected chi connectivity index (χ4v) is 6.47. The van der Waals surface area contributed by atoms with E-state index in [0.29, 0.717) is 16.5 Å². The van der Waals surface area contributed by atoms with Gasteiger partial charge in [-0.1, -0.05) is 6.07 Å². The zero-order chi connectivity index (χ0) is 31.2. The highest BCUT2D eigenvalue weighted by Crippen LogP contribution is 2.41. The van der Waals surface area contributed by atoms with E-state index in [1.54, 1.807) is 0 Å². The van der Waals surface area contributed by atoms with Gasteiger partial charge in [0.15, 0.2) is 0 Å². The summed E-state index contributed by atoms with van der Waals surface area (Å²) in [6.45, 7) is 1.51. The minimum atomic E-state index is -5.36. The summed E-state index contributed by atoms with van der Waals surface area (Å²) in [5.74, 6) is -4.31. The van der Waals surface area contributed by atoms with Crippen LogP contribution in [0.15, 0.2) is 70.5 Å². The van der Waals surface area contributed by atoms with Crippen molar-refractivity contribution in [1.82, 2.24) is 4.90 Å². The average molecular weight is 621 g/mol. The van der Waals surface area contributed by atoms with Crippen LogP contribution in [0.25, 0.3) is 10.8 Å². The van der Waals surface area contributed by atoms with Crippen molar-refractivity contribution in [3.05, 3.63) is 88.5 Å². The van der Waals surface area contributed by atoms with E-state index in [1.165, 1.54) is 44.3 Å². The summed E-state index contributed by atoms with van der Waals surface area (Å²) in [4.78, 5) is 52.5. The number of carbonyl (C=O) groups excluding carboxylic acids is 4. The largest absolute Gasteiger partial charge is 0.744 e. The lowest BCUT2D eigenvalue weighted by Crippen LogP contribution is -2.42. The van der Waals surface area contributed by atoms with Gasteiger partial charge < -0.3 is 13.8 Å². The lowest BCUT2D eigenvalue weighted by molar-refractivity contribution is 0.0649. The van der Waals surface area contributed by atoms with Gasteiger partial charge in [-0.05, 0) is 67.1 Å². The predicted molar refractivity (Wildman–Crippen MR) is 145 cm³/mol. The zero-order valence-corrected chi connectivity index (χ0v) is 23.6. The van der Waals surface area contributed by atoms with E-state index in [9.17, 15) is 45.1 Å². The second kappa shape index (κ2) is 9.27. The van der Waals surface area contributed by atoms with Crippen LogP contribution >= 0.6 is 0 Å². The molecular formula is C28H16N2O11S2-2. The first-order valence-corrected chi connectivity index (χ1v) is 15.1. The first kappa shape index (κ1) is 28.2. The standard InChI is InChI=1S/C28H18N2O11S2/c1-13-3-9-19(21(11-13)42(35,36)37)41-20-10-4-14(12-22(20)43(38,39)40)30-27(33)17-7-5-15-23-16(26(32)29(2)25(15)31)6-8-18(24(17)23)28(30)34/h3-12H,1-2H3,(H,35,36,37)(H,38,39,40)/p-2. The molecule has 0 unspecified atom stereocenters. The fraction of sp³-hybridized carbons (Fsp3) is 0.0714. The molecule has 2 aliphatic heterocycles. The maximum atomic E-state index is 13.7. The van der Waals surface area contributed by atoms with Gasteiger partial charge >= 0.3 is 0 Å². The number of rotatable bonds is 5. The minimum absolute atomic E-state index is 0.0582. The van der Waals surface area contributed by atoms with Crippen LogP contribution in [0.4, 0.5) is 5.69 Å². The summed E-state index contributed by atoms with van der Waals surface area (Å²) in [7, 11) is -9.13. The molecule has 2 heterocycles. The molecule has 0 bridgehead atoms. The Balaban J connectivity index is 1.48. The second-order valence-electron chi connectivity index (χ2n) is 9.78. The van der Waals surface area contributed by atoms with Crippen molar-refractivity contribution < 1.29 is 49.9 Å². The summed E-state index contributed by atoms with van der Waals surface area (Å²) in [6.07, 6.45) is 0. The lowest BCUT2D eigenvalue weighted by Gasteiger charge is -2.31. The number of imide groups is 2. The molecule has 0 spiro atoms. The molecule has 4 amide bonds. The normalized spacial score (nSPS) is 15.0. The average Bonchev–Trinajstić information content (AvgIpc) is 2.94. The van der Waals surface area contributed by atoms with Gasteiger partial charge in [0.2, 0.25) is 0 Å². The molecule has 4 aromatic carbocycles. The Morgan fingerprint density at radius 1 is 0.605 bits per heavy atom. The zero-order valence-electron chi connectivity index (χ0n) is 22.0. The minimum Gasteiger partial charge on any atom is -0.744 e. The number of nitrogens with zero attached hydrogens (tertiary/aromatic N) is 2. The lowest BCUT2D eigenvalue weighted by atomic mass is 9.86. The molecule has 0 N–H and O–H groups in total. The predicted octanol–water partition coefficient (Wildman–Crippen LogP) is 2.78. The Kier molecular flexibility index (Phi) is 6.07. The van der Waals surface area contributed by atoms with Crippen LogP contribution in [0.2, 0.25) is 0 Å². The molecule has 0 saturated carbocycles. The molecule has 0 fully saturated rings. The van der Waals surface area contributed by atoms with Crippen molar-refractivity contribution in [1.29, 1.82) is 0 Å². The summed E-state index contributed by atoms with van der Waals surface area (Å²) in [5.41, 5.74) is 0.155. The third-order valence-corrected chi connectivity index (χ3v) is 8.86. The summed E-state index contributed by atoms with van der Waals surface area (Å²) in [6, 6.07) is 11.5. The summed E-state index contributed by atoms with van der Waals surface area (Å²) < 4.78 is 77.5. The van der Waals surface area contributed by atoms with Crippen LogP contribution < -0.4 is 9.64 Å². The third-order valence-electron chi connectivity index (χ3n) is 7.14. The van der Waals surface area contributed by atoms with E-state index in [2.05, 4.69) is 0 Å². The molecule has 15 heteroatoms. The number of aryl methyl sites for hydroxylation is 1. The highest BCUT2D eigenvalue weighted by Gasteiger charge is 2.39. The molecule has 0 aliphatic carbocycles. The summed E-state index contributed by atoms with van der Waals surface area (Å²) in [5, 5.41) is 0.219. The number of hydrogen-bond acceptors (Lipinski definition) is 11. The van der Waals surface area contributed by atoms with Gasteiger partial charge in [0.1, 0.15) is 31.7 Å². The molecular weight excluding hydrogens is 604 g/mol. The summed E-state index contributed by atoms with van der Waals surface area (Å²) >= 11 is 0. The van der Waals surface area contributed by atoms with Crippen molar-refractivity contribution in [3.8, 4) is 11.5 Å². The number of ether oxygens (including phenoxy) is 1. The SMILES string of the molecule is Cc1ccc(Oc2ccc(N3C(=O)c4ccc5c6c(ccc(c46)C3=O)C(=O)N(C)C5=O)cc2S(=O)(=O)[O-])c(S(=O)(=O)[O-])c1. The van der Waals surface area contributed by atoms with E-state index in [4.69, 9.17) is 4.74 Å².